The summed E-state index contributed by atoms with van der Waals surface area (Å²) in [4.78, 5) is 5.09. The van der Waals surface area contributed by atoms with Gasteiger partial charge in [-0.25, -0.2) is 0 Å². The second kappa shape index (κ2) is 27.3. The molecule has 0 spiro atoms. The molecule has 0 amide bonds. The minimum atomic E-state index is -0.118. The van der Waals surface area contributed by atoms with Crippen molar-refractivity contribution >= 4 is 34.0 Å². The first-order chi connectivity index (χ1) is 39.4. The predicted octanol–water partition coefficient (Wildman–Crippen LogP) is 25.5. The van der Waals surface area contributed by atoms with E-state index in [9.17, 15) is 0 Å². The van der Waals surface area contributed by atoms with Crippen LogP contribution in [0.15, 0.2) is 102 Å². The van der Waals surface area contributed by atoms with Gasteiger partial charge >= 0.3 is 0 Å². The van der Waals surface area contributed by atoms with Gasteiger partial charge in [-0.05, 0) is 175 Å². The Labute approximate surface area is 498 Å². The summed E-state index contributed by atoms with van der Waals surface area (Å²) in [5.41, 5.74) is 23.7. The van der Waals surface area contributed by atoms with Crippen molar-refractivity contribution in [3.63, 3.8) is 0 Å². The minimum Gasteiger partial charge on any atom is -0.144 e. The van der Waals surface area contributed by atoms with Crippen LogP contribution in [-0.2, 0) is 16.2 Å². The number of hydrogen-bond donors (Lipinski definition) is 0. The third kappa shape index (κ3) is 11.2. The number of unbranched alkanes of at least 4 members (excludes halogenated alkanes) is 18. The molecule has 4 aromatic carbocycles. The molecular weight excluding hydrogens is 1020 g/mol. The molecule has 10 rings (SSSR count). The third-order valence-electron chi connectivity index (χ3n) is 19.7. The Morgan fingerprint density at radius 3 is 0.925 bits per heavy atom. The van der Waals surface area contributed by atoms with Crippen LogP contribution in [0.2, 0.25) is 0 Å². The lowest BCUT2D eigenvalue weighted by atomic mass is 9.63. The van der Waals surface area contributed by atoms with Gasteiger partial charge in [-0.15, -0.1) is 40.4 Å². The molecule has 0 saturated heterocycles. The molecule has 0 N–H and O–H groups in total. The molecule has 0 radical (unpaired) electrons. The average Bonchev–Trinajstić information content (AvgIpc) is 4.41. The third-order valence-corrected chi connectivity index (χ3v) is 22.6. The van der Waals surface area contributed by atoms with E-state index in [2.05, 4.69) is 149 Å². The monoisotopic (exact) mass is 1120 g/mol. The van der Waals surface area contributed by atoms with Crippen LogP contribution < -0.4 is 0 Å². The summed E-state index contributed by atoms with van der Waals surface area (Å²) in [5, 5.41) is 4.59. The van der Waals surface area contributed by atoms with E-state index in [0.29, 0.717) is 0 Å². The predicted molar refractivity (Wildman–Crippen MR) is 356 cm³/mol. The molecule has 422 valence electrons. The average molecular weight is 1120 g/mol. The molecule has 0 unspecified atom stereocenters. The van der Waals surface area contributed by atoms with Crippen LogP contribution in [0.25, 0.3) is 64.7 Å². The van der Waals surface area contributed by atoms with Gasteiger partial charge in [0, 0.05) is 30.9 Å². The van der Waals surface area contributed by atoms with E-state index in [-0.39, 0.29) is 16.2 Å². The summed E-state index contributed by atoms with van der Waals surface area (Å²) in [5.74, 6) is 3.01. The molecule has 0 nitrogen and oxygen atoms in total. The first kappa shape index (κ1) is 58.7. The van der Waals surface area contributed by atoms with Crippen molar-refractivity contribution in [1.82, 2.24) is 0 Å². The normalized spacial score (nSPS) is 14.7. The standard InChI is InChI=1S/C77H96S3/c1-8-15-21-27-45-75(46-28-22-16-9-2)63-41-37-56(66-35-33-51-78-66)53-60(63)70-72(75)69-61-54-57(67-36-34-52-79-67)38-42-64(61)76(47-29-23-17-10-3,48-30-24-18-11-4)73(69)71-62-55-58(68-44-40-59(14-7)80-68)39-43-65(62)77(74(70)71,49-31-25-19-12-5)50-32-26-20-13-6/h7,33-44,51-55H,8-13,15-32,45-50H2,1-6H3. The van der Waals surface area contributed by atoms with Gasteiger partial charge in [0.05, 0.1) is 4.88 Å². The Morgan fingerprint density at radius 2 is 0.662 bits per heavy atom. The van der Waals surface area contributed by atoms with E-state index < -0.39 is 0 Å². The zero-order valence-electron chi connectivity index (χ0n) is 50.3. The van der Waals surface area contributed by atoms with Crippen molar-refractivity contribution < 1.29 is 0 Å². The van der Waals surface area contributed by atoms with Crippen molar-refractivity contribution in [3.05, 3.63) is 140 Å². The number of thiophene rings is 3. The Morgan fingerprint density at radius 1 is 0.350 bits per heavy atom. The van der Waals surface area contributed by atoms with Gasteiger partial charge in [0.2, 0.25) is 0 Å². The Balaban J connectivity index is 1.43. The van der Waals surface area contributed by atoms with Crippen LogP contribution in [0.1, 0.15) is 272 Å². The number of fused-ring (bicyclic) bond motifs is 12. The molecule has 3 heterocycles. The van der Waals surface area contributed by atoms with Crippen LogP contribution in [0.3, 0.4) is 0 Å². The molecule has 7 aromatic rings. The zero-order valence-corrected chi connectivity index (χ0v) is 52.8. The lowest BCUT2D eigenvalue weighted by molar-refractivity contribution is 0.389. The summed E-state index contributed by atoms with van der Waals surface area (Å²) in [7, 11) is 0. The van der Waals surface area contributed by atoms with E-state index in [0.717, 1.165) is 4.88 Å². The van der Waals surface area contributed by atoms with Gasteiger partial charge in [-0.3, -0.25) is 0 Å². The number of benzene rings is 4. The lowest BCUT2D eigenvalue weighted by Gasteiger charge is -2.39. The molecule has 0 atom stereocenters. The highest BCUT2D eigenvalue weighted by molar-refractivity contribution is 7.16. The summed E-state index contributed by atoms with van der Waals surface area (Å²) in [6.07, 6.45) is 44.2. The van der Waals surface area contributed by atoms with Crippen molar-refractivity contribution in [2.75, 3.05) is 0 Å². The van der Waals surface area contributed by atoms with E-state index in [4.69, 9.17) is 6.42 Å². The summed E-state index contributed by atoms with van der Waals surface area (Å²) in [6.45, 7) is 14.4. The summed E-state index contributed by atoms with van der Waals surface area (Å²) >= 11 is 5.62. The van der Waals surface area contributed by atoms with E-state index in [1.807, 2.05) is 22.7 Å². The van der Waals surface area contributed by atoms with E-state index >= 15 is 0 Å². The van der Waals surface area contributed by atoms with Crippen LogP contribution in [0.4, 0.5) is 0 Å². The molecule has 3 aliphatic carbocycles. The quantitative estimate of drug-likeness (QED) is 0.0284. The fourth-order valence-corrected chi connectivity index (χ4v) is 18.1. The largest absolute Gasteiger partial charge is 0.144 e. The molecule has 3 aliphatic rings. The van der Waals surface area contributed by atoms with Crippen molar-refractivity contribution in [2.45, 2.75) is 250 Å². The van der Waals surface area contributed by atoms with Gasteiger partial charge in [-0.1, -0.05) is 250 Å². The Kier molecular flexibility index (Phi) is 20.0. The van der Waals surface area contributed by atoms with Crippen molar-refractivity contribution in [3.8, 4) is 77.0 Å². The molecule has 3 aromatic heterocycles. The van der Waals surface area contributed by atoms with Gasteiger partial charge in [0.15, 0.2) is 0 Å². The first-order valence-electron chi connectivity index (χ1n) is 32.7. The van der Waals surface area contributed by atoms with Gasteiger partial charge < -0.3 is 0 Å². The number of terminal acetylenes is 1. The molecule has 0 saturated carbocycles. The molecule has 0 aliphatic heterocycles. The summed E-state index contributed by atoms with van der Waals surface area (Å²) < 4.78 is 0. The number of rotatable bonds is 33. The van der Waals surface area contributed by atoms with Crippen LogP contribution in [0, 0.1) is 12.3 Å². The zero-order chi connectivity index (χ0) is 55.5. The maximum Gasteiger partial charge on any atom is 0.0772 e. The van der Waals surface area contributed by atoms with Crippen molar-refractivity contribution in [1.29, 1.82) is 0 Å². The van der Waals surface area contributed by atoms with E-state index in [1.54, 1.807) is 78.1 Å². The van der Waals surface area contributed by atoms with Gasteiger partial charge in [0.1, 0.15) is 0 Å². The van der Waals surface area contributed by atoms with Crippen LogP contribution in [-0.4, -0.2) is 0 Å². The lowest BCUT2D eigenvalue weighted by Crippen LogP contribution is -2.31. The topological polar surface area (TPSA) is 0 Å². The fraction of sp³-hybridized carbons (Fsp3) is 0.506. The minimum absolute atomic E-state index is 0.103. The Hall–Kier alpha value is -4.46. The highest BCUT2D eigenvalue weighted by Crippen LogP contribution is 2.72. The first-order valence-corrected chi connectivity index (χ1v) is 35.3. The smallest absolute Gasteiger partial charge is 0.0772 e. The second-order valence-corrected chi connectivity index (χ2v) is 27.9. The van der Waals surface area contributed by atoms with Gasteiger partial charge in [-0.2, -0.15) is 0 Å². The highest BCUT2D eigenvalue weighted by Gasteiger charge is 2.57. The fourth-order valence-electron chi connectivity index (χ4n) is 15.9. The molecule has 80 heavy (non-hydrogen) atoms. The SMILES string of the molecule is C#Cc1ccc(-c2ccc3c(c2)-c2c4c(c5c(c2C3(CCCCCC)CCCCCC)-c2cc(-c3cccs3)ccc2C5(CCCCCC)CCCCCC)-c2cc(-c3cccs3)ccc2C4(CCCCCC)CCCCCC)s1. The maximum atomic E-state index is 6.17. The maximum absolute atomic E-state index is 6.17. The Bertz CT molecular complexity index is 3060. The van der Waals surface area contributed by atoms with Crippen molar-refractivity contribution in [2.24, 2.45) is 0 Å². The molecule has 0 fully saturated rings. The summed E-state index contributed by atoms with van der Waals surface area (Å²) in [6, 6.07) is 37.8. The van der Waals surface area contributed by atoms with E-state index in [1.165, 1.54) is 224 Å². The van der Waals surface area contributed by atoms with Gasteiger partial charge in [0.25, 0.3) is 0 Å². The van der Waals surface area contributed by atoms with Crippen LogP contribution in [0.5, 0.6) is 0 Å². The van der Waals surface area contributed by atoms with Crippen LogP contribution >= 0.6 is 34.0 Å². The number of hydrogen-bond acceptors (Lipinski definition) is 3. The molecular formula is C77H96S3. The molecule has 0 bridgehead atoms. The second-order valence-electron chi connectivity index (χ2n) is 24.9. The molecule has 3 heteroatoms. The highest BCUT2D eigenvalue weighted by atomic mass is 32.1.